The van der Waals surface area contributed by atoms with Gasteiger partial charge in [-0.3, -0.25) is 4.79 Å². The molecule has 2 saturated carbocycles. The summed E-state index contributed by atoms with van der Waals surface area (Å²) in [5.74, 6) is 2.11. The van der Waals surface area contributed by atoms with Crippen LogP contribution in [0.4, 0.5) is 0 Å². The molecule has 5 heteroatoms. The summed E-state index contributed by atoms with van der Waals surface area (Å²) in [5.41, 5.74) is 12.2. The summed E-state index contributed by atoms with van der Waals surface area (Å²) in [6, 6.07) is 10.8. The van der Waals surface area contributed by atoms with Gasteiger partial charge in [-0.25, -0.2) is 0 Å². The summed E-state index contributed by atoms with van der Waals surface area (Å²) in [6.45, 7) is 9.77. The van der Waals surface area contributed by atoms with Gasteiger partial charge in [0.05, 0.1) is 6.61 Å². The first-order valence-electron chi connectivity index (χ1n) is 12.7. The van der Waals surface area contributed by atoms with Gasteiger partial charge in [0.15, 0.2) is 0 Å². The first-order chi connectivity index (χ1) is 15.8. The molecule has 7 atom stereocenters. The number of hydrogen-bond donors (Lipinski definition) is 0. The Hall–Kier alpha value is -2.26. The number of carbonyl (C=O) groups is 1. The molecule has 3 aliphatic rings. The van der Waals surface area contributed by atoms with E-state index in [4.69, 9.17) is 4.74 Å². The molecule has 178 valence electrons. The summed E-state index contributed by atoms with van der Waals surface area (Å²) in [6.07, 6.45) is 9.25. The molecule has 3 aliphatic carbocycles. The highest BCUT2D eigenvalue weighted by molar-refractivity contribution is 5.72. The highest BCUT2D eigenvalue weighted by Crippen LogP contribution is 2.64. The van der Waals surface area contributed by atoms with Crippen LogP contribution in [0.15, 0.2) is 41.5 Å². The molecule has 0 heterocycles. The SMILES string of the molecule is CC(=O)OC[C@H]1C[C@@H](C)CC[C@]1(C)[C@H]1CC[C@]2(C)C(c3ccccc3)=CC[C@H]2[C@@H]1CN=[N+]=[N-]. The van der Waals surface area contributed by atoms with Crippen LogP contribution in [0.5, 0.6) is 0 Å². The average Bonchev–Trinajstić information content (AvgIpc) is 3.15. The van der Waals surface area contributed by atoms with Crippen molar-refractivity contribution in [2.45, 2.75) is 66.2 Å². The molecule has 0 N–H and O–H groups in total. The normalized spacial score (nSPS) is 38.1. The number of benzene rings is 1. The summed E-state index contributed by atoms with van der Waals surface area (Å²) in [4.78, 5) is 14.8. The molecular formula is C28H39N3O2. The summed E-state index contributed by atoms with van der Waals surface area (Å²) in [7, 11) is 0. The third kappa shape index (κ3) is 4.45. The van der Waals surface area contributed by atoms with E-state index in [0.717, 1.165) is 32.1 Å². The van der Waals surface area contributed by atoms with Gasteiger partial charge in [0, 0.05) is 18.4 Å². The van der Waals surface area contributed by atoms with Gasteiger partial charge in [-0.2, -0.15) is 0 Å². The molecule has 5 nitrogen and oxygen atoms in total. The highest BCUT2D eigenvalue weighted by atomic mass is 16.5. The Kier molecular flexibility index (Phi) is 6.91. The molecular weight excluding hydrogens is 410 g/mol. The van der Waals surface area contributed by atoms with Gasteiger partial charge in [-0.15, -0.1) is 0 Å². The Balaban J connectivity index is 1.65. The van der Waals surface area contributed by atoms with Crippen molar-refractivity contribution in [2.24, 2.45) is 45.5 Å². The Morgan fingerprint density at radius 1 is 1.18 bits per heavy atom. The fourth-order valence-electron chi connectivity index (χ4n) is 7.72. The van der Waals surface area contributed by atoms with Crippen molar-refractivity contribution >= 4 is 11.5 Å². The molecule has 0 bridgehead atoms. The minimum Gasteiger partial charge on any atom is -0.466 e. The van der Waals surface area contributed by atoms with Gasteiger partial charge in [0.25, 0.3) is 0 Å². The van der Waals surface area contributed by atoms with Gasteiger partial charge in [0.2, 0.25) is 0 Å². The predicted octanol–water partition coefficient (Wildman–Crippen LogP) is 7.44. The smallest absolute Gasteiger partial charge is 0.302 e. The first kappa shape index (κ1) is 23.9. The maximum atomic E-state index is 11.6. The van der Waals surface area contributed by atoms with E-state index in [9.17, 15) is 10.3 Å². The van der Waals surface area contributed by atoms with Crippen LogP contribution in [0, 0.1) is 40.4 Å². The second-order valence-corrected chi connectivity index (χ2v) is 11.4. The van der Waals surface area contributed by atoms with Gasteiger partial charge in [-0.1, -0.05) is 68.7 Å². The van der Waals surface area contributed by atoms with E-state index >= 15 is 0 Å². The molecule has 0 radical (unpaired) electrons. The van der Waals surface area contributed by atoms with E-state index in [2.05, 4.69) is 67.2 Å². The Labute approximate surface area is 198 Å². The largest absolute Gasteiger partial charge is 0.466 e. The number of azide groups is 1. The zero-order valence-electron chi connectivity index (χ0n) is 20.7. The summed E-state index contributed by atoms with van der Waals surface area (Å²) in [5, 5.41) is 4.15. The third-order valence-corrected chi connectivity index (χ3v) is 9.59. The number of rotatable bonds is 6. The van der Waals surface area contributed by atoms with E-state index in [1.807, 2.05) is 0 Å². The quantitative estimate of drug-likeness (QED) is 0.196. The molecule has 1 aromatic carbocycles. The Bertz CT molecular complexity index is 938. The molecule has 0 amide bonds. The van der Waals surface area contributed by atoms with Crippen LogP contribution in [0.1, 0.15) is 71.8 Å². The average molecular weight is 450 g/mol. The lowest BCUT2D eigenvalue weighted by Gasteiger charge is -2.57. The van der Waals surface area contributed by atoms with Gasteiger partial charge >= 0.3 is 5.97 Å². The van der Waals surface area contributed by atoms with Gasteiger partial charge in [-0.05, 0) is 89.2 Å². The van der Waals surface area contributed by atoms with Crippen LogP contribution in [0.2, 0.25) is 0 Å². The van der Waals surface area contributed by atoms with Crippen LogP contribution in [0.3, 0.4) is 0 Å². The Morgan fingerprint density at radius 2 is 1.94 bits per heavy atom. The van der Waals surface area contributed by atoms with Crippen LogP contribution in [-0.2, 0) is 9.53 Å². The number of nitrogens with zero attached hydrogens (tertiary/aromatic N) is 3. The first-order valence-corrected chi connectivity index (χ1v) is 12.7. The molecule has 0 spiro atoms. The van der Waals surface area contributed by atoms with Crippen LogP contribution >= 0.6 is 0 Å². The molecule has 2 fully saturated rings. The molecule has 4 rings (SSSR count). The van der Waals surface area contributed by atoms with Crippen molar-refractivity contribution in [3.8, 4) is 0 Å². The van der Waals surface area contributed by atoms with Crippen molar-refractivity contribution in [1.29, 1.82) is 0 Å². The minimum atomic E-state index is -0.190. The molecule has 0 unspecified atom stereocenters. The maximum Gasteiger partial charge on any atom is 0.302 e. The predicted molar refractivity (Wildman–Crippen MR) is 132 cm³/mol. The molecule has 0 aliphatic heterocycles. The second-order valence-electron chi connectivity index (χ2n) is 11.4. The third-order valence-electron chi connectivity index (χ3n) is 9.59. The highest BCUT2D eigenvalue weighted by Gasteiger charge is 2.56. The minimum absolute atomic E-state index is 0.0917. The number of ether oxygens (including phenoxy) is 1. The monoisotopic (exact) mass is 449 g/mol. The van der Waals surface area contributed by atoms with E-state index in [-0.39, 0.29) is 16.8 Å². The molecule has 0 saturated heterocycles. The van der Waals surface area contributed by atoms with Crippen LogP contribution < -0.4 is 0 Å². The summed E-state index contributed by atoms with van der Waals surface area (Å²) < 4.78 is 5.58. The van der Waals surface area contributed by atoms with E-state index in [0.29, 0.717) is 42.7 Å². The fourth-order valence-corrected chi connectivity index (χ4v) is 7.72. The standard InChI is InChI=1S/C28H39N3O2/c1-19-12-14-27(3,22(16-19)18-33-20(2)32)26-13-15-28(4)24(21-8-6-5-7-9-21)10-11-25(28)23(26)17-30-31-29/h5-10,19,22-23,25-26H,11-18H2,1-4H3/t19-,22+,23-,25-,26-,27-,28+/m0/s1. The van der Waals surface area contributed by atoms with Crippen molar-refractivity contribution < 1.29 is 9.53 Å². The topological polar surface area (TPSA) is 75.1 Å². The number of esters is 1. The van der Waals surface area contributed by atoms with Gasteiger partial charge in [0.1, 0.15) is 0 Å². The zero-order valence-corrected chi connectivity index (χ0v) is 20.7. The fraction of sp³-hybridized carbons (Fsp3) is 0.679. The maximum absolute atomic E-state index is 11.6. The van der Waals surface area contributed by atoms with Crippen molar-refractivity contribution in [2.75, 3.05) is 13.2 Å². The van der Waals surface area contributed by atoms with E-state index in [1.54, 1.807) is 0 Å². The second kappa shape index (κ2) is 9.54. The van der Waals surface area contributed by atoms with Gasteiger partial charge < -0.3 is 4.74 Å². The molecule has 0 aromatic heterocycles. The lowest BCUT2D eigenvalue weighted by molar-refractivity contribution is -0.147. The van der Waals surface area contributed by atoms with E-state index < -0.39 is 0 Å². The zero-order chi connectivity index (χ0) is 23.6. The van der Waals surface area contributed by atoms with Crippen molar-refractivity contribution in [1.82, 2.24) is 0 Å². The van der Waals surface area contributed by atoms with Crippen molar-refractivity contribution in [3.05, 3.63) is 52.4 Å². The van der Waals surface area contributed by atoms with E-state index in [1.165, 1.54) is 24.5 Å². The van der Waals surface area contributed by atoms with Crippen LogP contribution in [-0.4, -0.2) is 19.1 Å². The van der Waals surface area contributed by atoms with Crippen molar-refractivity contribution in [3.63, 3.8) is 0 Å². The molecule has 1 aromatic rings. The lowest BCUT2D eigenvalue weighted by Crippen LogP contribution is -2.51. The number of carbonyl (C=O) groups excluding carboxylic acids is 1. The van der Waals surface area contributed by atoms with Crippen LogP contribution in [0.25, 0.3) is 16.0 Å². The summed E-state index contributed by atoms with van der Waals surface area (Å²) >= 11 is 0. The Morgan fingerprint density at radius 3 is 2.64 bits per heavy atom. The lowest BCUT2D eigenvalue weighted by atomic mass is 9.48. The number of fused-ring (bicyclic) bond motifs is 1. The number of hydrogen-bond acceptors (Lipinski definition) is 3. The molecule has 33 heavy (non-hydrogen) atoms. The number of allylic oxidation sites excluding steroid dienone is 2.